The van der Waals surface area contributed by atoms with Crippen LogP contribution in [0.25, 0.3) is 0 Å². The molecular formula is C27H34N6O8. The van der Waals surface area contributed by atoms with Crippen LogP contribution in [0.1, 0.15) is 30.4 Å². The number of carboxylic acids is 1. The summed E-state index contributed by atoms with van der Waals surface area (Å²) in [5.74, 6) is -5.78. The molecule has 0 bridgehead atoms. The van der Waals surface area contributed by atoms with Crippen molar-refractivity contribution in [1.82, 2.24) is 16.0 Å². The molecule has 41 heavy (non-hydrogen) atoms. The normalized spacial score (nSPS) is 13.6. The Morgan fingerprint density at radius 3 is 1.78 bits per heavy atom. The number of hydrogen-bond acceptors (Lipinski definition) is 8. The van der Waals surface area contributed by atoms with Gasteiger partial charge in [-0.05, 0) is 36.1 Å². The Balaban J connectivity index is 2.23. The molecule has 0 saturated carbocycles. The van der Waals surface area contributed by atoms with Crippen LogP contribution in [0.15, 0.2) is 54.6 Å². The third kappa shape index (κ3) is 11.3. The molecule has 220 valence electrons. The third-order valence-corrected chi connectivity index (χ3v) is 5.98. The number of amides is 5. The van der Waals surface area contributed by atoms with Gasteiger partial charge in [0.25, 0.3) is 0 Å². The molecule has 0 radical (unpaired) electrons. The molecule has 4 atom stereocenters. The molecule has 0 fully saturated rings. The zero-order chi connectivity index (χ0) is 30.5. The summed E-state index contributed by atoms with van der Waals surface area (Å²) in [4.78, 5) is 73.6. The fraction of sp³-hybridized carbons (Fsp3) is 0.333. The summed E-state index contributed by atoms with van der Waals surface area (Å²) < 4.78 is 0. The molecule has 0 aliphatic carbocycles. The standard InChI is InChI=1S/C27H34N6O8/c28-18(12-15-4-2-1-3-5-15)24(37)32-21(14-23(30)36)26(39)33-20(13-16-6-8-17(34)9-7-16)25(38)31-19(27(40)41)10-11-22(29)35/h1-9,18-21,34H,10-14,28H2,(H2,29,35)(H2,30,36)(H,31,38)(H,32,37)(H,33,39)(H,40,41). The average Bonchev–Trinajstić information content (AvgIpc) is 2.91. The van der Waals surface area contributed by atoms with E-state index in [0.717, 1.165) is 5.56 Å². The van der Waals surface area contributed by atoms with Gasteiger partial charge in [0.05, 0.1) is 12.5 Å². The number of carbonyl (C=O) groups is 6. The van der Waals surface area contributed by atoms with Crippen LogP contribution >= 0.6 is 0 Å². The van der Waals surface area contributed by atoms with Crippen LogP contribution in [0.5, 0.6) is 5.75 Å². The van der Waals surface area contributed by atoms with Crippen molar-refractivity contribution >= 4 is 35.5 Å². The molecule has 0 aromatic heterocycles. The first-order chi connectivity index (χ1) is 19.3. The molecule has 0 aliphatic heterocycles. The average molecular weight is 571 g/mol. The lowest BCUT2D eigenvalue weighted by atomic mass is 10.0. The zero-order valence-electron chi connectivity index (χ0n) is 22.1. The van der Waals surface area contributed by atoms with E-state index < -0.39 is 66.1 Å². The van der Waals surface area contributed by atoms with E-state index in [1.807, 2.05) is 0 Å². The number of benzene rings is 2. The predicted octanol–water partition coefficient (Wildman–Crippen LogP) is -1.82. The molecule has 0 saturated heterocycles. The van der Waals surface area contributed by atoms with E-state index in [0.29, 0.717) is 5.56 Å². The lowest BCUT2D eigenvalue weighted by Gasteiger charge is -2.25. The second-order valence-electron chi connectivity index (χ2n) is 9.36. The Bertz CT molecular complexity index is 1240. The molecule has 14 heteroatoms. The molecule has 2 rings (SSSR count). The lowest BCUT2D eigenvalue weighted by molar-refractivity contribution is -0.142. The Morgan fingerprint density at radius 2 is 1.22 bits per heavy atom. The van der Waals surface area contributed by atoms with Crippen molar-refractivity contribution in [2.45, 2.75) is 56.3 Å². The highest BCUT2D eigenvalue weighted by molar-refractivity contribution is 5.96. The van der Waals surface area contributed by atoms with Crippen LogP contribution in [0.2, 0.25) is 0 Å². The summed E-state index contributed by atoms with van der Waals surface area (Å²) >= 11 is 0. The van der Waals surface area contributed by atoms with E-state index in [9.17, 15) is 39.0 Å². The van der Waals surface area contributed by atoms with E-state index >= 15 is 0 Å². The molecule has 14 nitrogen and oxygen atoms in total. The fourth-order valence-corrected chi connectivity index (χ4v) is 3.82. The van der Waals surface area contributed by atoms with Crippen LogP contribution in [0, 0.1) is 0 Å². The summed E-state index contributed by atoms with van der Waals surface area (Å²) in [7, 11) is 0. The van der Waals surface area contributed by atoms with Crippen LogP contribution in [-0.2, 0) is 41.6 Å². The maximum Gasteiger partial charge on any atom is 0.326 e. The number of nitrogens with one attached hydrogen (secondary N) is 3. The minimum Gasteiger partial charge on any atom is -0.508 e. The minimum absolute atomic E-state index is 0.0488. The monoisotopic (exact) mass is 570 g/mol. The highest BCUT2D eigenvalue weighted by Gasteiger charge is 2.31. The number of aromatic hydroxyl groups is 1. The number of aliphatic carboxylic acids is 1. The lowest BCUT2D eigenvalue weighted by Crippen LogP contribution is -2.58. The topological polar surface area (TPSA) is 257 Å². The number of carbonyl (C=O) groups excluding carboxylic acids is 5. The van der Waals surface area contributed by atoms with Gasteiger partial charge in [-0.2, -0.15) is 0 Å². The largest absolute Gasteiger partial charge is 0.508 e. The summed E-state index contributed by atoms with van der Waals surface area (Å²) in [5.41, 5.74) is 17.6. The number of hydrogen-bond donors (Lipinski definition) is 8. The Hall–Kier alpha value is -4.98. The van der Waals surface area contributed by atoms with Crippen LogP contribution < -0.4 is 33.2 Å². The van der Waals surface area contributed by atoms with Gasteiger partial charge in [-0.25, -0.2) is 4.79 Å². The quantitative estimate of drug-likeness (QED) is 0.113. The third-order valence-electron chi connectivity index (χ3n) is 5.98. The van der Waals surface area contributed by atoms with Crippen molar-refractivity contribution < 1.29 is 39.0 Å². The molecule has 0 spiro atoms. The Morgan fingerprint density at radius 1 is 0.683 bits per heavy atom. The van der Waals surface area contributed by atoms with Gasteiger partial charge in [0, 0.05) is 12.8 Å². The molecule has 0 aliphatic rings. The van der Waals surface area contributed by atoms with Gasteiger partial charge < -0.3 is 43.4 Å². The first kappa shape index (κ1) is 32.2. The molecule has 4 unspecified atom stereocenters. The number of primary amides is 2. The van der Waals surface area contributed by atoms with Crippen molar-refractivity contribution in [3.63, 3.8) is 0 Å². The van der Waals surface area contributed by atoms with Gasteiger partial charge in [-0.1, -0.05) is 42.5 Å². The first-order valence-electron chi connectivity index (χ1n) is 12.6. The van der Waals surface area contributed by atoms with Crippen LogP contribution in [0.3, 0.4) is 0 Å². The second-order valence-corrected chi connectivity index (χ2v) is 9.36. The smallest absolute Gasteiger partial charge is 0.326 e. The highest BCUT2D eigenvalue weighted by atomic mass is 16.4. The van der Waals surface area contributed by atoms with Crippen molar-refractivity contribution in [1.29, 1.82) is 0 Å². The fourth-order valence-electron chi connectivity index (χ4n) is 3.82. The van der Waals surface area contributed by atoms with Crippen molar-refractivity contribution in [2.24, 2.45) is 17.2 Å². The second kappa shape index (κ2) is 15.6. The minimum atomic E-state index is -1.50. The van der Waals surface area contributed by atoms with E-state index in [2.05, 4.69) is 16.0 Å². The van der Waals surface area contributed by atoms with Crippen LogP contribution in [-0.4, -0.2) is 69.9 Å². The molecule has 2 aromatic carbocycles. The zero-order valence-corrected chi connectivity index (χ0v) is 22.1. The molecule has 2 aromatic rings. The van der Waals surface area contributed by atoms with E-state index in [1.165, 1.54) is 24.3 Å². The number of phenolic OH excluding ortho intramolecular Hbond substituents is 1. The highest BCUT2D eigenvalue weighted by Crippen LogP contribution is 2.12. The molecule has 0 heterocycles. The van der Waals surface area contributed by atoms with E-state index in [4.69, 9.17) is 17.2 Å². The Labute approximate surface area is 235 Å². The number of carboxylic acid groups (broad SMARTS) is 1. The SMILES string of the molecule is NC(=O)CCC(NC(=O)C(Cc1ccc(O)cc1)NC(=O)C(CC(N)=O)NC(=O)C(N)Cc1ccccc1)C(=O)O. The Kier molecular flexibility index (Phi) is 12.2. The van der Waals surface area contributed by atoms with E-state index in [-0.39, 0.29) is 31.4 Å². The molecule has 5 amide bonds. The summed E-state index contributed by atoms with van der Waals surface area (Å²) in [5, 5.41) is 26.1. The van der Waals surface area contributed by atoms with Gasteiger partial charge >= 0.3 is 5.97 Å². The molecular weight excluding hydrogens is 536 g/mol. The molecule has 11 N–H and O–H groups in total. The van der Waals surface area contributed by atoms with Gasteiger partial charge in [0.1, 0.15) is 23.9 Å². The number of phenols is 1. The number of nitrogens with two attached hydrogens (primary N) is 3. The number of rotatable bonds is 16. The van der Waals surface area contributed by atoms with Crippen LogP contribution in [0.4, 0.5) is 0 Å². The maximum atomic E-state index is 13.2. The summed E-state index contributed by atoms with van der Waals surface area (Å²) in [6.45, 7) is 0. The van der Waals surface area contributed by atoms with Crippen molar-refractivity contribution in [2.75, 3.05) is 0 Å². The van der Waals surface area contributed by atoms with Gasteiger partial charge in [-0.15, -0.1) is 0 Å². The first-order valence-corrected chi connectivity index (χ1v) is 12.6. The summed E-state index contributed by atoms with van der Waals surface area (Å²) in [6, 6.07) is 9.07. The van der Waals surface area contributed by atoms with Gasteiger partial charge in [-0.3, -0.25) is 24.0 Å². The van der Waals surface area contributed by atoms with Crippen molar-refractivity contribution in [3.8, 4) is 5.75 Å². The van der Waals surface area contributed by atoms with Crippen molar-refractivity contribution in [3.05, 3.63) is 65.7 Å². The summed E-state index contributed by atoms with van der Waals surface area (Å²) in [6.07, 6.45) is -1.24. The van der Waals surface area contributed by atoms with Gasteiger partial charge in [0.2, 0.25) is 29.5 Å². The predicted molar refractivity (Wildman–Crippen MR) is 146 cm³/mol. The maximum absolute atomic E-state index is 13.2. The van der Waals surface area contributed by atoms with Gasteiger partial charge in [0.15, 0.2) is 0 Å². The van der Waals surface area contributed by atoms with E-state index in [1.54, 1.807) is 30.3 Å².